The van der Waals surface area contributed by atoms with Crippen LogP contribution in [0.2, 0.25) is 0 Å². The molecule has 4 nitrogen and oxygen atoms in total. The lowest BCUT2D eigenvalue weighted by Gasteiger charge is -2.31. The molecule has 0 unspecified atom stereocenters. The number of H-pyrrole nitrogens is 1. The van der Waals surface area contributed by atoms with Crippen LogP contribution in [0.25, 0.3) is 10.9 Å². The number of para-hydroxylation sites is 1. The molecule has 1 aliphatic rings. The molecule has 1 aromatic heterocycles. The van der Waals surface area contributed by atoms with Gasteiger partial charge in [-0.2, -0.15) is 0 Å². The van der Waals surface area contributed by atoms with Crippen molar-refractivity contribution in [3.63, 3.8) is 0 Å². The molecule has 0 spiro atoms. The molecule has 0 aliphatic carbocycles. The van der Waals surface area contributed by atoms with Gasteiger partial charge in [-0.3, -0.25) is 9.59 Å². The lowest BCUT2D eigenvalue weighted by molar-refractivity contribution is -0.131. The second kappa shape index (κ2) is 7.35. The summed E-state index contributed by atoms with van der Waals surface area (Å²) in [6.07, 6.45) is 3.12. The van der Waals surface area contributed by atoms with E-state index in [1.54, 1.807) is 29.3 Å². The maximum Gasteiger partial charge on any atom is 0.227 e. The van der Waals surface area contributed by atoms with E-state index in [1.807, 2.05) is 24.3 Å². The Morgan fingerprint density at radius 3 is 2.52 bits per heavy atom. The van der Waals surface area contributed by atoms with Crippen LogP contribution in [-0.4, -0.2) is 34.7 Å². The van der Waals surface area contributed by atoms with Gasteiger partial charge in [-0.1, -0.05) is 36.4 Å². The van der Waals surface area contributed by atoms with Crippen molar-refractivity contribution in [2.24, 2.45) is 5.92 Å². The zero-order valence-electron chi connectivity index (χ0n) is 15.0. The van der Waals surface area contributed by atoms with Gasteiger partial charge in [0.25, 0.3) is 0 Å². The summed E-state index contributed by atoms with van der Waals surface area (Å²) in [7, 11) is 0. The van der Waals surface area contributed by atoms with Crippen molar-refractivity contribution in [3.05, 3.63) is 71.7 Å². The third-order valence-corrected chi connectivity index (χ3v) is 5.37. The summed E-state index contributed by atoms with van der Waals surface area (Å²) in [5, 5.41) is 0.945. The molecular formula is C22H21FN2O2. The van der Waals surface area contributed by atoms with Gasteiger partial charge >= 0.3 is 0 Å². The number of halogens is 1. The molecule has 5 heteroatoms. The zero-order valence-corrected chi connectivity index (χ0v) is 15.0. The van der Waals surface area contributed by atoms with Crippen molar-refractivity contribution in [3.8, 4) is 0 Å². The van der Waals surface area contributed by atoms with E-state index in [2.05, 4.69) is 4.98 Å². The second-order valence-electron chi connectivity index (χ2n) is 7.04. The summed E-state index contributed by atoms with van der Waals surface area (Å²) in [5.41, 5.74) is 2.10. The molecule has 0 saturated carbocycles. The first-order valence-electron chi connectivity index (χ1n) is 9.25. The molecular weight excluding hydrogens is 343 g/mol. The first-order valence-corrected chi connectivity index (χ1v) is 9.25. The summed E-state index contributed by atoms with van der Waals surface area (Å²) in [6.45, 7) is 1.07. The molecule has 0 atom stereocenters. The average molecular weight is 364 g/mol. The Morgan fingerprint density at radius 1 is 1.04 bits per heavy atom. The predicted octanol–water partition coefficient (Wildman–Crippen LogP) is 3.97. The highest BCUT2D eigenvalue weighted by Crippen LogP contribution is 2.26. The van der Waals surface area contributed by atoms with Crippen LogP contribution in [-0.2, 0) is 11.2 Å². The van der Waals surface area contributed by atoms with Crippen LogP contribution in [0.4, 0.5) is 4.39 Å². The van der Waals surface area contributed by atoms with Crippen molar-refractivity contribution in [2.45, 2.75) is 19.3 Å². The van der Waals surface area contributed by atoms with Crippen LogP contribution < -0.4 is 0 Å². The number of nitrogens with one attached hydrogen (secondary N) is 1. The molecule has 2 aromatic carbocycles. The van der Waals surface area contributed by atoms with E-state index in [-0.39, 0.29) is 29.8 Å². The first-order chi connectivity index (χ1) is 13.1. The van der Waals surface area contributed by atoms with Gasteiger partial charge in [0.05, 0.1) is 6.42 Å². The van der Waals surface area contributed by atoms with Crippen LogP contribution in [0.5, 0.6) is 0 Å². The molecule has 1 aliphatic heterocycles. The third kappa shape index (κ3) is 3.50. The molecule has 1 amide bonds. The number of fused-ring (bicyclic) bond motifs is 1. The number of piperidine rings is 1. The number of aromatic nitrogens is 1. The van der Waals surface area contributed by atoms with Gasteiger partial charge in [-0.25, -0.2) is 4.39 Å². The van der Waals surface area contributed by atoms with Gasteiger partial charge < -0.3 is 9.88 Å². The van der Waals surface area contributed by atoms with Gasteiger partial charge in [-0.15, -0.1) is 0 Å². The normalized spacial score (nSPS) is 15.2. The lowest BCUT2D eigenvalue weighted by atomic mass is 9.88. The third-order valence-electron chi connectivity index (χ3n) is 5.37. The number of hydrogen-bond acceptors (Lipinski definition) is 2. The summed E-state index contributed by atoms with van der Waals surface area (Å²) in [5.74, 6) is -0.385. The molecule has 0 radical (unpaired) electrons. The van der Waals surface area contributed by atoms with Crippen LogP contribution in [0.15, 0.2) is 54.7 Å². The molecule has 1 N–H and O–H groups in total. The molecule has 1 fully saturated rings. The number of Topliss-reactive ketones (excluding diaryl/α,β-unsaturated/α-hetero) is 1. The van der Waals surface area contributed by atoms with E-state index in [1.165, 1.54) is 6.07 Å². The van der Waals surface area contributed by atoms with Crippen LogP contribution in [0.3, 0.4) is 0 Å². The SMILES string of the molecule is O=C(c1c[nH]c2ccccc12)C1CCN(C(=O)Cc2ccccc2F)CC1. The number of benzene rings is 2. The van der Waals surface area contributed by atoms with Gasteiger partial charge in [-0.05, 0) is 30.5 Å². The van der Waals surface area contributed by atoms with Crippen molar-refractivity contribution in [1.29, 1.82) is 0 Å². The fourth-order valence-electron chi connectivity index (χ4n) is 3.80. The van der Waals surface area contributed by atoms with Crippen LogP contribution >= 0.6 is 0 Å². The summed E-state index contributed by atoms with van der Waals surface area (Å²) in [4.78, 5) is 30.3. The summed E-state index contributed by atoms with van der Waals surface area (Å²) in [6, 6.07) is 14.1. The maximum atomic E-state index is 13.8. The van der Waals surface area contributed by atoms with E-state index in [0.29, 0.717) is 31.5 Å². The minimum absolute atomic E-state index is 0.0632. The zero-order chi connectivity index (χ0) is 18.8. The van der Waals surface area contributed by atoms with E-state index >= 15 is 0 Å². The highest BCUT2D eigenvalue weighted by Gasteiger charge is 2.29. The Kier molecular flexibility index (Phi) is 4.75. The number of carbonyl (C=O) groups excluding carboxylic acids is 2. The predicted molar refractivity (Wildman–Crippen MR) is 102 cm³/mol. The van der Waals surface area contributed by atoms with E-state index in [0.717, 1.165) is 16.5 Å². The van der Waals surface area contributed by atoms with Crippen molar-refractivity contribution in [2.75, 3.05) is 13.1 Å². The monoisotopic (exact) mass is 364 g/mol. The van der Waals surface area contributed by atoms with Crippen molar-refractivity contribution in [1.82, 2.24) is 9.88 Å². The van der Waals surface area contributed by atoms with Gasteiger partial charge in [0.2, 0.25) is 5.91 Å². The van der Waals surface area contributed by atoms with Crippen molar-refractivity contribution >= 4 is 22.6 Å². The Morgan fingerprint density at radius 2 is 1.74 bits per heavy atom. The molecule has 0 bridgehead atoms. The number of hydrogen-bond donors (Lipinski definition) is 1. The molecule has 1 saturated heterocycles. The van der Waals surface area contributed by atoms with E-state index in [9.17, 15) is 14.0 Å². The minimum atomic E-state index is -0.352. The Hall–Kier alpha value is -2.95. The maximum absolute atomic E-state index is 13.8. The lowest BCUT2D eigenvalue weighted by Crippen LogP contribution is -2.41. The molecule has 4 rings (SSSR count). The largest absolute Gasteiger partial charge is 0.360 e. The van der Waals surface area contributed by atoms with E-state index < -0.39 is 0 Å². The second-order valence-corrected chi connectivity index (χ2v) is 7.04. The Balaban J connectivity index is 1.39. The number of aromatic amines is 1. The number of likely N-dealkylation sites (tertiary alicyclic amines) is 1. The minimum Gasteiger partial charge on any atom is -0.360 e. The van der Waals surface area contributed by atoms with E-state index in [4.69, 9.17) is 0 Å². The smallest absolute Gasteiger partial charge is 0.227 e. The highest BCUT2D eigenvalue weighted by atomic mass is 19.1. The number of amides is 1. The number of ketones is 1. The summed E-state index contributed by atoms with van der Waals surface area (Å²) < 4.78 is 13.8. The molecule has 138 valence electrons. The standard InChI is InChI=1S/C22H21FN2O2/c23-19-7-3-1-5-16(19)13-21(26)25-11-9-15(10-12-25)22(27)18-14-24-20-8-4-2-6-17(18)20/h1-8,14-15,24H,9-13H2. The topological polar surface area (TPSA) is 53.2 Å². The number of rotatable bonds is 4. The fourth-order valence-corrected chi connectivity index (χ4v) is 3.80. The Bertz CT molecular complexity index is 987. The summed E-state index contributed by atoms with van der Waals surface area (Å²) >= 11 is 0. The van der Waals surface area contributed by atoms with Gasteiger partial charge in [0.15, 0.2) is 5.78 Å². The number of nitrogens with zero attached hydrogens (tertiary/aromatic N) is 1. The quantitative estimate of drug-likeness (QED) is 0.712. The van der Waals surface area contributed by atoms with Gasteiger partial charge in [0.1, 0.15) is 5.82 Å². The number of carbonyl (C=O) groups is 2. The average Bonchev–Trinajstić information content (AvgIpc) is 3.13. The fraction of sp³-hybridized carbons (Fsp3) is 0.273. The van der Waals surface area contributed by atoms with Crippen molar-refractivity contribution < 1.29 is 14.0 Å². The van der Waals surface area contributed by atoms with Gasteiger partial charge in [0, 0.05) is 41.7 Å². The Labute approximate surface area is 157 Å². The molecule has 27 heavy (non-hydrogen) atoms. The van der Waals surface area contributed by atoms with Crippen LogP contribution in [0, 0.1) is 11.7 Å². The molecule has 2 heterocycles. The molecule has 3 aromatic rings. The van der Waals surface area contributed by atoms with Crippen LogP contribution in [0.1, 0.15) is 28.8 Å². The highest BCUT2D eigenvalue weighted by molar-refractivity contribution is 6.08. The first kappa shape index (κ1) is 17.5.